The molecule has 3 rings (SSSR count). The number of ether oxygens (including phenoxy) is 2. The Morgan fingerprint density at radius 2 is 1.45 bits per heavy atom. The lowest BCUT2D eigenvalue weighted by atomic mass is 10.1. The van der Waals surface area contributed by atoms with E-state index >= 15 is 0 Å². The number of carboxylic acid groups (broad SMARTS) is 1. The molecule has 0 radical (unpaired) electrons. The first-order chi connectivity index (χ1) is 18.0. The van der Waals surface area contributed by atoms with Crippen LogP contribution in [-0.2, 0) is 4.79 Å². The lowest BCUT2D eigenvalue weighted by Crippen LogP contribution is -2.22. The average molecular weight is 618 g/mol. The van der Waals surface area contributed by atoms with Crippen molar-refractivity contribution in [3.05, 3.63) is 73.7 Å². The summed E-state index contributed by atoms with van der Waals surface area (Å²) in [7, 11) is 3.03. The first kappa shape index (κ1) is 29.7. The molecule has 0 aliphatic carbocycles. The number of hydrogen-bond acceptors (Lipinski definition) is 6. The molecule has 200 valence electrons. The normalized spacial score (nSPS) is 11.4. The summed E-state index contributed by atoms with van der Waals surface area (Å²) < 4.78 is 10.5. The molecule has 0 saturated heterocycles. The van der Waals surface area contributed by atoms with E-state index in [0.29, 0.717) is 22.9 Å². The van der Waals surface area contributed by atoms with Gasteiger partial charge in [-0.25, -0.2) is 4.79 Å². The van der Waals surface area contributed by atoms with E-state index in [1.54, 1.807) is 49.4 Å². The van der Waals surface area contributed by atoms with Gasteiger partial charge in [0.05, 0.1) is 56.4 Å². The molecule has 0 aliphatic heterocycles. The Hall–Kier alpha value is -2.82. The second kappa shape index (κ2) is 12.8. The quantitative estimate of drug-likeness (QED) is 0.130. The van der Waals surface area contributed by atoms with Crippen LogP contribution in [0.4, 0.5) is 11.4 Å². The van der Waals surface area contributed by atoms with E-state index in [0.717, 1.165) is 4.90 Å². The van der Waals surface area contributed by atoms with Crippen molar-refractivity contribution < 1.29 is 29.0 Å². The minimum absolute atomic E-state index is 0.236. The maximum Gasteiger partial charge on any atom is 0.338 e. The van der Waals surface area contributed by atoms with Crippen LogP contribution in [0.15, 0.2) is 47.4 Å². The number of carbonyl (C=O) groups is 3. The number of carbonyl (C=O) groups excluding carboxylic acids is 2. The summed E-state index contributed by atoms with van der Waals surface area (Å²) in [5, 5.41) is 13.2. The molecule has 1 atom stereocenters. The van der Waals surface area contributed by atoms with E-state index in [-0.39, 0.29) is 21.0 Å². The molecule has 3 N–H and O–H groups in total. The summed E-state index contributed by atoms with van der Waals surface area (Å²) in [5.41, 5.74) is -0.139. The highest BCUT2D eigenvalue weighted by Crippen LogP contribution is 2.42. The number of hydrogen-bond donors (Lipinski definition) is 3. The Morgan fingerprint density at radius 3 is 2.00 bits per heavy atom. The summed E-state index contributed by atoms with van der Waals surface area (Å²) in [6, 6.07) is 11.6. The van der Waals surface area contributed by atoms with Crippen LogP contribution in [-0.4, -0.2) is 42.4 Å². The lowest BCUT2D eigenvalue weighted by molar-refractivity contribution is -0.115. The van der Waals surface area contributed by atoms with Gasteiger partial charge in [-0.3, -0.25) is 9.59 Å². The number of methoxy groups -OCH3 is 2. The van der Waals surface area contributed by atoms with E-state index in [1.165, 1.54) is 26.0 Å². The SMILES string of the molecule is COc1ccc(NC(=O)C(C)Sc2ccc(NC(=O)c3c(Cl)c(Cl)c(Cl)c(Cl)c3C(=O)O)cc2)c(OC)c1. The smallest absolute Gasteiger partial charge is 0.338 e. The van der Waals surface area contributed by atoms with E-state index in [2.05, 4.69) is 10.6 Å². The zero-order valence-electron chi connectivity index (χ0n) is 20.0. The first-order valence-corrected chi connectivity index (χ1v) is 13.1. The largest absolute Gasteiger partial charge is 0.497 e. The summed E-state index contributed by atoms with van der Waals surface area (Å²) in [4.78, 5) is 38.1. The molecule has 0 spiro atoms. The average Bonchev–Trinajstić information content (AvgIpc) is 2.90. The Balaban J connectivity index is 1.71. The molecule has 13 heteroatoms. The van der Waals surface area contributed by atoms with Crippen LogP contribution in [0, 0.1) is 0 Å². The summed E-state index contributed by atoms with van der Waals surface area (Å²) in [5.74, 6) is -1.52. The van der Waals surface area contributed by atoms with Crippen molar-refractivity contribution in [3.8, 4) is 11.5 Å². The number of thioether (sulfide) groups is 1. The Morgan fingerprint density at radius 1 is 0.842 bits per heavy atom. The fraction of sp³-hybridized carbons (Fsp3) is 0.160. The van der Waals surface area contributed by atoms with E-state index in [9.17, 15) is 19.5 Å². The Kier molecular flexibility index (Phi) is 10.0. The van der Waals surface area contributed by atoms with Crippen LogP contribution < -0.4 is 20.1 Å². The maximum absolute atomic E-state index is 12.9. The molecule has 38 heavy (non-hydrogen) atoms. The van der Waals surface area contributed by atoms with Gasteiger partial charge in [0, 0.05) is 16.6 Å². The topological polar surface area (TPSA) is 114 Å². The van der Waals surface area contributed by atoms with Gasteiger partial charge in [-0.2, -0.15) is 0 Å². The predicted octanol–water partition coefficient (Wildman–Crippen LogP) is 7.39. The lowest BCUT2D eigenvalue weighted by Gasteiger charge is -2.15. The molecule has 1 unspecified atom stereocenters. The van der Waals surface area contributed by atoms with Crippen LogP contribution in [0.3, 0.4) is 0 Å². The number of anilines is 2. The summed E-state index contributed by atoms with van der Waals surface area (Å²) in [6.07, 6.45) is 0. The van der Waals surface area contributed by atoms with Crippen molar-refractivity contribution in [2.45, 2.75) is 17.1 Å². The van der Waals surface area contributed by atoms with Crippen molar-refractivity contribution in [1.29, 1.82) is 0 Å². The number of carboxylic acids is 1. The summed E-state index contributed by atoms with van der Waals surface area (Å²) in [6.45, 7) is 1.75. The second-order valence-electron chi connectivity index (χ2n) is 7.61. The fourth-order valence-corrected chi connectivity index (χ4v) is 5.14. The van der Waals surface area contributed by atoms with Gasteiger partial charge in [0.25, 0.3) is 5.91 Å². The molecule has 0 bridgehead atoms. The number of benzene rings is 3. The predicted molar refractivity (Wildman–Crippen MR) is 151 cm³/mol. The summed E-state index contributed by atoms with van der Waals surface area (Å²) >= 11 is 25.4. The molecule has 0 aliphatic rings. The van der Waals surface area contributed by atoms with Crippen LogP contribution in [0.1, 0.15) is 27.6 Å². The van der Waals surface area contributed by atoms with E-state index in [1.807, 2.05) is 0 Å². The Bertz CT molecular complexity index is 1400. The van der Waals surface area contributed by atoms with Gasteiger partial charge in [0.1, 0.15) is 11.5 Å². The molecule has 2 amide bonds. The monoisotopic (exact) mass is 616 g/mol. The highest BCUT2D eigenvalue weighted by Gasteiger charge is 2.29. The molecule has 0 heterocycles. The maximum atomic E-state index is 12.9. The third kappa shape index (κ3) is 6.59. The fourth-order valence-electron chi connectivity index (χ4n) is 3.25. The standard InChI is InChI=1S/C25H20Cl4N2O6S/c1-11(23(32)31-15-9-6-13(36-2)10-16(15)37-3)38-14-7-4-12(5-8-14)30-24(33)17-18(25(34)35)20(27)22(29)21(28)19(17)26/h4-11H,1-3H3,(H,30,33)(H,31,32)(H,34,35). The molecule has 8 nitrogen and oxygen atoms in total. The van der Waals surface area contributed by atoms with E-state index < -0.39 is 33.3 Å². The molecule has 0 saturated carbocycles. The van der Waals surface area contributed by atoms with Gasteiger partial charge < -0.3 is 25.2 Å². The molecule has 3 aromatic carbocycles. The molecular weight excluding hydrogens is 598 g/mol. The van der Waals surface area contributed by atoms with Gasteiger partial charge >= 0.3 is 5.97 Å². The third-order valence-electron chi connectivity index (χ3n) is 5.17. The van der Waals surface area contributed by atoms with Gasteiger partial charge in [-0.1, -0.05) is 46.4 Å². The van der Waals surface area contributed by atoms with Crippen molar-refractivity contribution in [2.24, 2.45) is 0 Å². The van der Waals surface area contributed by atoms with Crippen LogP contribution in [0.2, 0.25) is 20.1 Å². The molecule has 0 fully saturated rings. The minimum atomic E-state index is -1.49. The number of halogens is 4. The van der Waals surface area contributed by atoms with Crippen molar-refractivity contribution >= 4 is 87.3 Å². The van der Waals surface area contributed by atoms with Gasteiger partial charge in [0.15, 0.2) is 0 Å². The van der Waals surface area contributed by atoms with Crippen molar-refractivity contribution in [1.82, 2.24) is 0 Å². The molecule has 0 aromatic heterocycles. The second-order valence-corrected chi connectivity index (χ2v) is 10.5. The highest BCUT2D eigenvalue weighted by atomic mass is 35.5. The number of amides is 2. The van der Waals surface area contributed by atoms with E-state index in [4.69, 9.17) is 55.9 Å². The Labute approximate surface area is 242 Å². The van der Waals surface area contributed by atoms with Crippen LogP contribution in [0.25, 0.3) is 0 Å². The van der Waals surface area contributed by atoms with Gasteiger partial charge in [0.2, 0.25) is 5.91 Å². The first-order valence-electron chi connectivity index (χ1n) is 10.7. The zero-order chi connectivity index (χ0) is 28.1. The molecule has 3 aromatic rings. The van der Waals surface area contributed by atoms with Gasteiger partial charge in [-0.15, -0.1) is 11.8 Å². The third-order valence-corrected chi connectivity index (χ3v) is 8.08. The zero-order valence-corrected chi connectivity index (χ0v) is 23.9. The highest BCUT2D eigenvalue weighted by molar-refractivity contribution is 8.00. The minimum Gasteiger partial charge on any atom is -0.497 e. The number of nitrogens with one attached hydrogen (secondary N) is 2. The van der Waals surface area contributed by atoms with Crippen molar-refractivity contribution in [3.63, 3.8) is 0 Å². The molecular formula is C25H20Cl4N2O6S. The number of aromatic carboxylic acids is 1. The van der Waals surface area contributed by atoms with Gasteiger partial charge in [-0.05, 0) is 43.3 Å². The van der Waals surface area contributed by atoms with Crippen molar-refractivity contribution in [2.75, 3.05) is 24.9 Å². The van der Waals surface area contributed by atoms with Crippen LogP contribution >= 0.6 is 58.2 Å². The van der Waals surface area contributed by atoms with Crippen LogP contribution in [0.5, 0.6) is 11.5 Å². The number of rotatable bonds is 9.